The second kappa shape index (κ2) is 5.70. The first-order valence-corrected chi connectivity index (χ1v) is 7.44. The monoisotopic (exact) mass is 275 g/mol. The molecule has 3 nitrogen and oxygen atoms in total. The lowest BCUT2D eigenvalue weighted by Gasteiger charge is -2.15. The summed E-state index contributed by atoms with van der Waals surface area (Å²) in [5.41, 5.74) is 2.43. The molecule has 2 rings (SSSR count). The minimum absolute atomic E-state index is 0.264. The summed E-state index contributed by atoms with van der Waals surface area (Å²) >= 11 is 1.84. The second-order valence-electron chi connectivity index (χ2n) is 5.22. The Labute approximate surface area is 119 Å². The van der Waals surface area contributed by atoms with Crippen LogP contribution < -0.4 is 5.32 Å². The maximum Gasteiger partial charge on any atom is 0.130 e. The number of nitrogens with zero attached hydrogens (tertiary/aromatic N) is 2. The fourth-order valence-electron chi connectivity index (χ4n) is 2.15. The molecule has 0 aliphatic rings. The minimum Gasteiger partial charge on any atom is -0.363 e. The molecule has 1 unspecified atom stereocenters. The molecule has 19 heavy (non-hydrogen) atoms. The SMILES string of the molecule is Cc1cc(C(C)Nc2cc(C(C)C)ncn2)c(C)s1. The Morgan fingerprint density at radius 1 is 1.11 bits per heavy atom. The van der Waals surface area contributed by atoms with Crippen LogP contribution >= 0.6 is 11.3 Å². The van der Waals surface area contributed by atoms with Crippen LogP contribution in [0.3, 0.4) is 0 Å². The molecule has 2 heterocycles. The zero-order valence-electron chi connectivity index (χ0n) is 12.2. The number of aryl methyl sites for hydroxylation is 2. The van der Waals surface area contributed by atoms with E-state index in [1.807, 2.05) is 17.4 Å². The number of hydrogen-bond donors (Lipinski definition) is 1. The third-order valence-corrected chi connectivity index (χ3v) is 4.17. The van der Waals surface area contributed by atoms with Crippen LogP contribution in [0.25, 0.3) is 0 Å². The molecule has 0 aliphatic carbocycles. The van der Waals surface area contributed by atoms with Gasteiger partial charge in [0, 0.05) is 21.5 Å². The number of hydrogen-bond acceptors (Lipinski definition) is 4. The first kappa shape index (κ1) is 14.0. The van der Waals surface area contributed by atoms with Gasteiger partial charge in [-0.1, -0.05) is 13.8 Å². The first-order chi connectivity index (χ1) is 8.97. The Bertz CT molecular complexity index is 560. The molecule has 0 saturated carbocycles. The van der Waals surface area contributed by atoms with Gasteiger partial charge in [0.25, 0.3) is 0 Å². The molecule has 0 radical (unpaired) electrons. The fourth-order valence-corrected chi connectivity index (χ4v) is 3.17. The maximum atomic E-state index is 4.30. The molecule has 0 saturated heterocycles. The van der Waals surface area contributed by atoms with E-state index in [1.54, 1.807) is 6.33 Å². The molecule has 0 aliphatic heterocycles. The van der Waals surface area contributed by atoms with E-state index in [2.05, 4.69) is 56.0 Å². The fraction of sp³-hybridized carbons (Fsp3) is 0.467. The van der Waals surface area contributed by atoms with E-state index in [0.29, 0.717) is 5.92 Å². The van der Waals surface area contributed by atoms with Crippen LogP contribution in [0.1, 0.15) is 53.7 Å². The number of anilines is 1. The average Bonchev–Trinajstić information content (AvgIpc) is 2.69. The van der Waals surface area contributed by atoms with Crippen molar-refractivity contribution in [3.63, 3.8) is 0 Å². The number of nitrogens with one attached hydrogen (secondary N) is 1. The van der Waals surface area contributed by atoms with Gasteiger partial charge < -0.3 is 5.32 Å². The van der Waals surface area contributed by atoms with Crippen LogP contribution in [0.4, 0.5) is 5.82 Å². The van der Waals surface area contributed by atoms with Gasteiger partial charge in [0.05, 0.1) is 6.04 Å². The van der Waals surface area contributed by atoms with Gasteiger partial charge >= 0.3 is 0 Å². The Hall–Kier alpha value is -1.42. The smallest absolute Gasteiger partial charge is 0.130 e. The van der Waals surface area contributed by atoms with E-state index in [9.17, 15) is 0 Å². The van der Waals surface area contributed by atoms with Crippen molar-refractivity contribution in [1.82, 2.24) is 9.97 Å². The van der Waals surface area contributed by atoms with Crippen molar-refractivity contribution in [2.24, 2.45) is 0 Å². The van der Waals surface area contributed by atoms with E-state index < -0.39 is 0 Å². The lowest BCUT2D eigenvalue weighted by atomic mass is 10.1. The normalized spacial score (nSPS) is 12.7. The summed E-state index contributed by atoms with van der Waals surface area (Å²) in [6.07, 6.45) is 1.64. The molecule has 1 atom stereocenters. The zero-order chi connectivity index (χ0) is 14.0. The van der Waals surface area contributed by atoms with Gasteiger partial charge in [-0.05, 0) is 38.3 Å². The van der Waals surface area contributed by atoms with E-state index in [1.165, 1.54) is 15.3 Å². The van der Waals surface area contributed by atoms with E-state index in [0.717, 1.165) is 11.5 Å². The topological polar surface area (TPSA) is 37.8 Å². The molecule has 0 amide bonds. The van der Waals surface area contributed by atoms with E-state index in [-0.39, 0.29) is 6.04 Å². The summed E-state index contributed by atoms with van der Waals surface area (Å²) in [4.78, 5) is 11.3. The molecule has 102 valence electrons. The molecule has 0 spiro atoms. The average molecular weight is 275 g/mol. The second-order valence-corrected chi connectivity index (χ2v) is 6.68. The molecule has 0 aromatic carbocycles. The van der Waals surface area contributed by atoms with E-state index in [4.69, 9.17) is 0 Å². The van der Waals surface area contributed by atoms with Crippen molar-refractivity contribution < 1.29 is 0 Å². The number of rotatable bonds is 4. The van der Waals surface area contributed by atoms with Crippen LogP contribution in [0, 0.1) is 13.8 Å². The Kier molecular flexibility index (Phi) is 4.20. The number of thiophene rings is 1. The van der Waals surface area contributed by atoms with Crippen molar-refractivity contribution in [3.8, 4) is 0 Å². The highest BCUT2D eigenvalue weighted by atomic mass is 32.1. The lowest BCUT2D eigenvalue weighted by Crippen LogP contribution is -2.09. The van der Waals surface area contributed by atoms with Crippen molar-refractivity contribution >= 4 is 17.2 Å². The summed E-state index contributed by atoms with van der Waals surface area (Å²) < 4.78 is 0. The van der Waals surface area contributed by atoms with Gasteiger partial charge in [-0.3, -0.25) is 0 Å². The third-order valence-electron chi connectivity index (χ3n) is 3.19. The molecule has 0 bridgehead atoms. The predicted octanol–water partition coefficient (Wildman–Crippen LogP) is 4.45. The largest absolute Gasteiger partial charge is 0.363 e. The van der Waals surface area contributed by atoms with Gasteiger partial charge in [-0.15, -0.1) is 11.3 Å². The van der Waals surface area contributed by atoms with Crippen LogP contribution in [0.2, 0.25) is 0 Å². The van der Waals surface area contributed by atoms with Crippen molar-refractivity contribution in [2.45, 2.75) is 46.6 Å². The Balaban J connectivity index is 2.17. The summed E-state index contributed by atoms with van der Waals surface area (Å²) in [6, 6.07) is 4.55. The molecule has 0 fully saturated rings. The standard InChI is InChI=1S/C15H21N3S/c1-9(2)14-7-15(17-8-16-14)18-11(4)13-6-10(3)19-12(13)5/h6-9,11H,1-5H3,(H,16,17,18). The van der Waals surface area contributed by atoms with Crippen LogP contribution in [-0.2, 0) is 0 Å². The van der Waals surface area contributed by atoms with Gasteiger partial charge in [0.1, 0.15) is 12.1 Å². The molecule has 4 heteroatoms. The van der Waals surface area contributed by atoms with Crippen LogP contribution in [0.15, 0.2) is 18.5 Å². The predicted molar refractivity (Wildman–Crippen MR) is 82.0 cm³/mol. The Morgan fingerprint density at radius 3 is 2.42 bits per heavy atom. The highest BCUT2D eigenvalue weighted by Gasteiger charge is 2.12. The summed E-state index contributed by atoms with van der Waals surface area (Å²) in [5, 5.41) is 3.46. The van der Waals surface area contributed by atoms with Crippen LogP contribution in [0.5, 0.6) is 0 Å². The minimum atomic E-state index is 0.264. The molecular formula is C15H21N3S. The third kappa shape index (κ3) is 3.32. The van der Waals surface area contributed by atoms with Crippen molar-refractivity contribution in [3.05, 3.63) is 39.5 Å². The molecular weight excluding hydrogens is 254 g/mol. The summed E-state index contributed by atoms with van der Waals surface area (Å²) in [6.45, 7) is 10.8. The summed E-state index contributed by atoms with van der Waals surface area (Å²) in [7, 11) is 0. The van der Waals surface area contributed by atoms with E-state index >= 15 is 0 Å². The summed E-state index contributed by atoms with van der Waals surface area (Å²) in [5.74, 6) is 1.32. The number of aromatic nitrogens is 2. The lowest BCUT2D eigenvalue weighted by molar-refractivity contribution is 0.806. The van der Waals surface area contributed by atoms with Crippen molar-refractivity contribution in [2.75, 3.05) is 5.32 Å². The molecule has 2 aromatic rings. The van der Waals surface area contributed by atoms with Crippen molar-refractivity contribution in [1.29, 1.82) is 0 Å². The van der Waals surface area contributed by atoms with Gasteiger partial charge in [-0.2, -0.15) is 0 Å². The highest BCUT2D eigenvalue weighted by molar-refractivity contribution is 7.12. The molecule has 1 N–H and O–H groups in total. The van der Waals surface area contributed by atoms with Crippen LogP contribution in [-0.4, -0.2) is 9.97 Å². The first-order valence-electron chi connectivity index (χ1n) is 6.62. The van der Waals surface area contributed by atoms with Gasteiger partial charge in [0.2, 0.25) is 0 Å². The Morgan fingerprint density at radius 2 is 1.84 bits per heavy atom. The molecule has 2 aromatic heterocycles. The van der Waals surface area contributed by atoms with Gasteiger partial charge in [-0.25, -0.2) is 9.97 Å². The van der Waals surface area contributed by atoms with Gasteiger partial charge in [0.15, 0.2) is 0 Å². The maximum absolute atomic E-state index is 4.30. The highest BCUT2D eigenvalue weighted by Crippen LogP contribution is 2.28. The quantitative estimate of drug-likeness (QED) is 0.895. The zero-order valence-corrected chi connectivity index (χ0v) is 13.0.